The summed E-state index contributed by atoms with van der Waals surface area (Å²) in [6.45, 7) is 8.14. The number of ether oxygens (including phenoxy) is 1. The first-order valence-electron chi connectivity index (χ1n) is 10.3. The Morgan fingerprint density at radius 3 is 2.73 bits per heavy atom. The van der Waals surface area contributed by atoms with Crippen molar-refractivity contribution in [2.75, 3.05) is 7.11 Å². The number of H-pyrrole nitrogens is 1. The van der Waals surface area contributed by atoms with E-state index in [-0.39, 0.29) is 12.1 Å². The highest BCUT2D eigenvalue weighted by molar-refractivity contribution is 6.06. The fourth-order valence-corrected chi connectivity index (χ4v) is 4.30. The van der Waals surface area contributed by atoms with Crippen LogP contribution in [-0.2, 0) is 13.6 Å². The molecule has 33 heavy (non-hydrogen) atoms. The summed E-state index contributed by atoms with van der Waals surface area (Å²) in [6, 6.07) is 15.2. The zero-order chi connectivity index (χ0) is 23.1. The predicted octanol–water partition coefficient (Wildman–Crippen LogP) is 4.16. The smallest absolute Gasteiger partial charge is 0.272 e. The molecule has 0 bridgehead atoms. The lowest BCUT2D eigenvalue weighted by Crippen LogP contribution is -2.13. The third kappa shape index (κ3) is 3.14. The number of nitrogens with zero attached hydrogens (tertiary/aromatic N) is 4. The SMILES string of the molecule is [C-]#[N+]c1c(-c2c(-c3ccc4c(=O)[nH]nc(CN)c4c3)cnn2C)c(OC)cc2ccccc12. The quantitative estimate of drug-likeness (QED) is 0.412. The van der Waals surface area contributed by atoms with Crippen molar-refractivity contribution in [1.82, 2.24) is 20.0 Å². The van der Waals surface area contributed by atoms with E-state index in [2.05, 4.69) is 20.1 Å². The molecule has 3 aromatic carbocycles. The van der Waals surface area contributed by atoms with Crippen LogP contribution in [0.1, 0.15) is 5.69 Å². The van der Waals surface area contributed by atoms with Crippen LogP contribution in [0.25, 0.3) is 48.8 Å². The highest BCUT2D eigenvalue weighted by Gasteiger charge is 2.23. The molecule has 0 aliphatic rings. The van der Waals surface area contributed by atoms with E-state index in [1.54, 1.807) is 24.1 Å². The van der Waals surface area contributed by atoms with Crippen molar-refractivity contribution >= 4 is 27.2 Å². The molecule has 5 aromatic rings. The van der Waals surface area contributed by atoms with Crippen LogP contribution >= 0.6 is 0 Å². The van der Waals surface area contributed by atoms with Gasteiger partial charge in [0.15, 0.2) is 0 Å². The minimum absolute atomic E-state index is 0.191. The molecule has 2 aromatic heterocycles. The molecule has 3 N–H and O–H groups in total. The first-order valence-corrected chi connectivity index (χ1v) is 10.3. The maximum Gasteiger partial charge on any atom is 0.272 e. The van der Waals surface area contributed by atoms with Crippen molar-refractivity contribution < 1.29 is 4.74 Å². The molecule has 0 aliphatic carbocycles. The summed E-state index contributed by atoms with van der Waals surface area (Å²) in [5.74, 6) is 0.589. The van der Waals surface area contributed by atoms with Crippen molar-refractivity contribution in [2.24, 2.45) is 12.8 Å². The molecule has 8 nitrogen and oxygen atoms in total. The van der Waals surface area contributed by atoms with Gasteiger partial charge >= 0.3 is 0 Å². The Labute approximate surface area is 189 Å². The number of benzene rings is 3. The second-order valence-corrected chi connectivity index (χ2v) is 7.63. The highest BCUT2D eigenvalue weighted by Crippen LogP contribution is 2.47. The standard InChI is InChI=1S/C25H20N6O2/c1-27-23-16-7-5-4-6-14(16)11-21(33-3)22(23)24-19(13-28-31(24)2)15-8-9-17-18(10-15)20(12-26)29-30-25(17)32/h4-11,13H,12,26H2,2-3H3,(H,30,32). The van der Waals surface area contributed by atoms with Crippen LogP contribution in [0.5, 0.6) is 5.75 Å². The van der Waals surface area contributed by atoms with E-state index in [0.29, 0.717) is 33.5 Å². The number of aromatic nitrogens is 4. The van der Waals surface area contributed by atoms with E-state index >= 15 is 0 Å². The summed E-state index contributed by atoms with van der Waals surface area (Å²) in [6.07, 6.45) is 1.75. The molecular weight excluding hydrogens is 416 g/mol. The number of rotatable bonds is 4. The van der Waals surface area contributed by atoms with Gasteiger partial charge in [0.1, 0.15) is 5.75 Å². The van der Waals surface area contributed by atoms with Gasteiger partial charge in [0, 0.05) is 30.1 Å². The maximum absolute atomic E-state index is 12.3. The Bertz CT molecular complexity index is 1640. The summed E-state index contributed by atoms with van der Waals surface area (Å²) in [4.78, 5) is 16.1. The summed E-state index contributed by atoms with van der Waals surface area (Å²) in [5, 5.41) is 14.0. The lowest BCUT2D eigenvalue weighted by molar-refractivity contribution is 0.417. The van der Waals surface area contributed by atoms with Gasteiger partial charge in [-0.05, 0) is 34.5 Å². The Morgan fingerprint density at radius 1 is 1.15 bits per heavy atom. The average Bonchev–Trinajstić information content (AvgIpc) is 3.23. The third-order valence-corrected chi connectivity index (χ3v) is 5.86. The minimum Gasteiger partial charge on any atom is -0.497 e. The first-order chi connectivity index (χ1) is 16.1. The topological polar surface area (TPSA) is 103 Å². The number of nitrogens with two attached hydrogens (primary N) is 1. The number of methoxy groups -OCH3 is 1. The number of nitrogens with one attached hydrogen (secondary N) is 1. The van der Waals surface area contributed by atoms with Gasteiger partial charge in [0.25, 0.3) is 5.56 Å². The number of hydrogen-bond donors (Lipinski definition) is 2. The average molecular weight is 436 g/mol. The Morgan fingerprint density at radius 2 is 1.97 bits per heavy atom. The fourth-order valence-electron chi connectivity index (χ4n) is 4.30. The van der Waals surface area contributed by atoms with Crippen LogP contribution in [0.15, 0.2) is 59.5 Å². The van der Waals surface area contributed by atoms with E-state index in [4.69, 9.17) is 17.0 Å². The summed E-state index contributed by atoms with van der Waals surface area (Å²) in [7, 11) is 3.43. The highest BCUT2D eigenvalue weighted by atomic mass is 16.5. The molecule has 5 rings (SSSR count). The second-order valence-electron chi connectivity index (χ2n) is 7.63. The lowest BCUT2D eigenvalue weighted by Gasteiger charge is -2.16. The Balaban J connectivity index is 1.84. The molecule has 2 heterocycles. The zero-order valence-electron chi connectivity index (χ0n) is 18.1. The fraction of sp³-hybridized carbons (Fsp3) is 0.120. The molecule has 0 radical (unpaired) electrons. The summed E-state index contributed by atoms with van der Waals surface area (Å²) in [5.41, 5.74) is 9.74. The summed E-state index contributed by atoms with van der Waals surface area (Å²) >= 11 is 0. The second kappa shape index (κ2) is 7.89. The van der Waals surface area contributed by atoms with Gasteiger partial charge in [0.2, 0.25) is 5.69 Å². The van der Waals surface area contributed by atoms with Crippen LogP contribution in [0, 0.1) is 6.57 Å². The normalized spacial score (nSPS) is 11.1. The van der Waals surface area contributed by atoms with Crippen LogP contribution in [0.3, 0.4) is 0 Å². The minimum atomic E-state index is -0.272. The number of fused-ring (bicyclic) bond motifs is 2. The van der Waals surface area contributed by atoms with Crippen molar-refractivity contribution in [1.29, 1.82) is 0 Å². The molecule has 0 saturated heterocycles. The molecule has 0 saturated carbocycles. The van der Waals surface area contributed by atoms with Crippen molar-refractivity contribution in [3.8, 4) is 28.1 Å². The van der Waals surface area contributed by atoms with Gasteiger partial charge in [-0.25, -0.2) is 9.94 Å². The first kappa shape index (κ1) is 20.4. The van der Waals surface area contributed by atoms with Crippen molar-refractivity contribution in [3.63, 3.8) is 0 Å². The third-order valence-electron chi connectivity index (χ3n) is 5.86. The molecule has 0 fully saturated rings. The van der Waals surface area contributed by atoms with Crippen molar-refractivity contribution in [3.05, 3.63) is 82.2 Å². The monoisotopic (exact) mass is 436 g/mol. The largest absolute Gasteiger partial charge is 0.497 e. The maximum atomic E-state index is 12.3. The van der Waals surface area contributed by atoms with E-state index in [9.17, 15) is 4.79 Å². The van der Waals surface area contributed by atoms with Crippen molar-refractivity contribution in [2.45, 2.75) is 6.54 Å². The van der Waals surface area contributed by atoms with Gasteiger partial charge in [-0.15, -0.1) is 0 Å². The zero-order valence-corrected chi connectivity index (χ0v) is 18.1. The molecule has 162 valence electrons. The Kier molecular flexibility index (Phi) is 4.89. The molecule has 0 unspecified atom stereocenters. The van der Waals surface area contributed by atoms with Gasteiger partial charge in [-0.2, -0.15) is 10.2 Å². The number of hydrogen-bond acceptors (Lipinski definition) is 5. The summed E-state index contributed by atoms with van der Waals surface area (Å²) < 4.78 is 7.47. The predicted molar refractivity (Wildman–Crippen MR) is 128 cm³/mol. The van der Waals surface area contributed by atoms with Gasteiger partial charge < -0.3 is 10.5 Å². The van der Waals surface area contributed by atoms with E-state index in [0.717, 1.165) is 27.6 Å². The van der Waals surface area contributed by atoms with Crippen LogP contribution < -0.4 is 16.0 Å². The van der Waals surface area contributed by atoms with Crippen LogP contribution in [0.2, 0.25) is 0 Å². The van der Waals surface area contributed by atoms with E-state index in [1.807, 2.05) is 49.5 Å². The molecular formula is C25H20N6O2. The molecule has 0 spiro atoms. The molecule has 0 aliphatic heterocycles. The van der Waals surface area contributed by atoms with E-state index in [1.165, 1.54) is 0 Å². The van der Waals surface area contributed by atoms with Gasteiger partial charge in [-0.3, -0.25) is 9.48 Å². The molecule has 0 amide bonds. The van der Waals surface area contributed by atoms with Crippen LogP contribution in [-0.4, -0.2) is 27.1 Å². The molecule has 0 atom stereocenters. The number of aryl methyl sites for hydroxylation is 1. The Hall–Kier alpha value is -4.48. The van der Waals surface area contributed by atoms with E-state index < -0.39 is 0 Å². The van der Waals surface area contributed by atoms with Gasteiger partial charge in [-0.1, -0.05) is 30.3 Å². The van der Waals surface area contributed by atoms with Gasteiger partial charge in [0.05, 0.1) is 36.7 Å². The van der Waals surface area contributed by atoms with Crippen LogP contribution in [0.4, 0.5) is 5.69 Å². The number of aromatic amines is 1. The molecule has 8 heteroatoms. The lowest BCUT2D eigenvalue weighted by atomic mass is 9.95.